The number of hydrogen-bond donors (Lipinski definition) is 1. The molecule has 2 aliphatic heterocycles. The van der Waals surface area contributed by atoms with Crippen LogP contribution in [0.25, 0.3) is 6.08 Å². The molecule has 1 N–H and O–H groups in total. The molecular formula is C20H15ClINO6S. The molecule has 2 aromatic carbocycles. The highest BCUT2D eigenvalue weighted by Crippen LogP contribution is 2.40. The van der Waals surface area contributed by atoms with Crippen LogP contribution in [0.5, 0.6) is 23.0 Å². The van der Waals surface area contributed by atoms with Crippen LogP contribution in [0.4, 0.5) is 4.79 Å². The van der Waals surface area contributed by atoms with Crippen LogP contribution >= 0.6 is 46.0 Å². The van der Waals surface area contributed by atoms with Crippen molar-refractivity contribution in [1.29, 1.82) is 0 Å². The van der Waals surface area contributed by atoms with Crippen molar-refractivity contribution < 1.29 is 28.9 Å². The van der Waals surface area contributed by atoms with Gasteiger partial charge in [-0.15, -0.1) is 0 Å². The Balaban J connectivity index is 1.59. The normalized spacial score (nSPS) is 16.6. The summed E-state index contributed by atoms with van der Waals surface area (Å²) in [7, 11) is 0. The summed E-state index contributed by atoms with van der Waals surface area (Å²) in [5, 5.41) is 10.1. The van der Waals surface area contributed by atoms with Gasteiger partial charge >= 0.3 is 0 Å². The molecule has 1 saturated heterocycles. The number of fused-ring (bicyclic) bond motifs is 1. The zero-order valence-electron chi connectivity index (χ0n) is 15.6. The number of aromatic hydroxyl groups is 1. The van der Waals surface area contributed by atoms with Gasteiger partial charge in [0, 0.05) is 11.1 Å². The SMILES string of the molecule is CCOc1cc(/C=C2\SC(=O)N(Cc3cc4c(cc3Cl)OCO4)C2=O)cc(I)c1O. The molecule has 2 heterocycles. The third kappa shape index (κ3) is 4.06. The van der Waals surface area contributed by atoms with Crippen LogP contribution in [0.1, 0.15) is 18.1 Å². The number of carbonyl (C=O) groups is 2. The minimum atomic E-state index is -0.417. The molecule has 0 unspecified atom stereocenters. The lowest BCUT2D eigenvalue weighted by atomic mass is 10.1. The third-order valence-electron chi connectivity index (χ3n) is 4.39. The molecule has 0 radical (unpaired) electrons. The van der Waals surface area contributed by atoms with Crippen LogP contribution < -0.4 is 14.2 Å². The van der Waals surface area contributed by atoms with Crippen LogP contribution in [0.15, 0.2) is 29.2 Å². The van der Waals surface area contributed by atoms with Gasteiger partial charge in [0.2, 0.25) is 6.79 Å². The Morgan fingerprint density at radius 3 is 2.73 bits per heavy atom. The zero-order valence-corrected chi connectivity index (χ0v) is 19.3. The first-order valence-corrected chi connectivity index (χ1v) is 11.1. The van der Waals surface area contributed by atoms with Gasteiger partial charge in [0.05, 0.1) is 21.6 Å². The standard InChI is InChI=1S/C20H15ClINO6S/c1-2-27-16-4-10(3-13(22)18(16)24)5-17-19(25)23(20(26)30-17)8-11-6-14-15(7-12(11)21)29-9-28-14/h3-7,24H,2,8-9H2,1H3/b17-5-. The molecule has 2 aliphatic rings. The molecule has 156 valence electrons. The quantitative estimate of drug-likeness (QED) is 0.407. The summed E-state index contributed by atoms with van der Waals surface area (Å²) in [6, 6.07) is 6.63. The molecule has 2 amide bonds. The summed E-state index contributed by atoms with van der Waals surface area (Å²) in [6.45, 7) is 2.33. The summed E-state index contributed by atoms with van der Waals surface area (Å²) in [4.78, 5) is 26.8. The number of thioether (sulfide) groups is 1. The monoisotopic (exact) mass is 559 g/mol. The van der Waals surface area contributed by atoms with E-state index in [0.29, 0.717) is 43.6 Å². The number of hydrogen-bond acceptors (Lipinski definition) is 7. The van der Waals surface area contributed by atoms with Gasteiger partial charge in [-0.05, 0) is 76.7 Å². The number of phenolic OH excluding ortho intramolecular Hbond substituents is 1. The molecule has 0 atom stereocenters. The van der Waals surface area contributed by atoms with Gasteiger partial charge in [-0.1, -0.05) is 11.6 Å². The van der Waals surface area contributed by atoms with Gasteiger partial charge in [0.1, 0.15) is 0 Å². The fourth-order valence-corrected chi connectivity index (χ4v) is 4.66. The summed E-state index contributed by atoms with van der Waals surface area (Å²) < 4.78 is 16.6. The van der Waals surface area contributed by atoms with E-state index in [-0.39, 0.29) is 24.0 Å². The Kier molecular flexibility index (Phi) is 6.03. The first kappa shape index (κ1) is 21.1. The van der Waals surface area contributed by atoms with E-state index in [9.17, 15) is 14.7 Å². The highest BCUT2D eigenvalue weighted by atomic mass is 127. The maximum atomic E-state index is 12.9. The number of benzene rings is 2. The Morgan fingerprint density at radius 1 is 1.27 bits per heavy atom. The van der Waals surface area contributed by atoms with Crippen LogP contribution in [0, 0.1) is 3.57 Å². The lowest BCUT2D eigenvalue weighted by Gasteiger charge is -2.14. The van der Waals surface area contributed by atoms with E-state index < -0.39 is 11.1 Å². The lowest BCUT2D eigenvalue weighted by molar-refractivity contribution is -0.123. The molecule has 1 fully saturated rings. The van der Waals surface area contributed by atoms with E-state index >= 15 is 0 Å². The molecule has 0 saturated carbocycles. The topological polar surface area (TPSA) is 85.3 Å². The van der Waals surface area contributed by atoms with Crippen molar-refractivity contribution in [3.8, 4) is 23.0 Å². The number of halogens is 2. The van der Waals surface area contributed by atoms with Crippen molar-refractivity contribution >= 4 is 63.2 Å². The lowest BCUT2D eigenvalue weighted by Crippen LogP contribution is -2.27. The zero-order chi connectivity index (χ0) is 21.4. The number of nitrogens with zero attached hydrogens (tertiary/aromatic N) is 1. The summed E-state index contributed by atoms with van der Waals surface area (Å²) >= 11 is 9.12. The molecule has 0 bridgehead atoms. The highest BCUT2D eigenvalue weighted by Gasteiger charge is 2.35. The molecule has 4 rings (SSSR count). The number of imide groups is 1. The van der Waals surface area contributed by atoms with Crippen molar-refractivity contribution in [2.45, 2.75) is 13.5 Å². The molecule has 0 aliphatic carbocycles. The van der Waals surface area contributed by atoms with E-state index in [2.05, 4.69) is 0 Å². The number of rotatable bonds is 5. The first-order chi connectivity index (χ1) is 14.4. The minimum absolute atomic E-state index is 0.0226. The molecule has 30 heavy (non-hydrogen) atoms. The van der Waals surface area contributed by atoms with Crippen molar-refractivity contribution in [3.05, 3.63) is 48.9 Å². The molecule has 2 aromatic rings. The molecule has 0 aromatic heterocycles. The van der Waals surface area contributed by atoms with Gasteiger partial charge in [-0.2, -0.15) is 0 Å². The Morgan fingerprint density at radius 2 is 2.00 bits per heavy atom. The predicted octanol–water partition coefficient (Wildman–Crippen LogP) is 5.01. The van der Waals surface area contributed by atoms with Crippen LogP contribution in [0.3, 0.4) is 0 Å². The Hall–Kier alpha value is -2.11. The second-order valence-electron chi connectivity index (χ2n) is 6.35. The van der Waals surface area contributed by atoms with Crippen molar-refractivity contribution in [2.24, 2.45) is 0 Å². The van der Waals surface area contributed by atoms with Gasteiger partial charge in [-0.25, -0.2) is 0 Å². The average molecular weight is 560 g/mol. The summed E-state index contributed by atoms with van der Waals surface area (Å²) in [5.41, 5.74) is 1.23. The van der Waals surface area contributed by atoms with E-state index in [1.165, 1.54) is 0 Å². The Bertz CT molecular complexity index is 1090. The highest BCUT2D eigenvalue weighted by molar-refractivity contribution is 14.1. The van der Waals surface area contributed by atoms with Crippen LogP contribution in [-0.4, -0.2) is 34.6 Å². The molecule has 10 heteroatoms. The van der Waals surface area contributed by atoms with Gasteiger partial charge in [0.25, 0.3) is 11.1 Å². The van der Waals surface area contributed by atoms with E-state index in [4.69, 9.17) is 25.8 Å². The smallest absolute Gasteiger partial charge is 0.293 e. The molecular weight excluding hydrogens is 545 g/mol. The predicted molar refractivity (Wildman–Crippen MR) is 121 cm³/mol. The van der Waals surface area contributed by atoms with E-state index in [1.807, 2.05) is 29.5 Å². The van der Waals surface area contributed by atoms with Gasteiger partial charge < -0.3 is 19.3 Å². The number of amides is 2. The van der Waals surface area contributed by atoms with E-state index in [1.54, 1.807) is 30.3 Å². The van der Waals surface area contributed by atoms with Crippen LogP contribution in [0.2, 0.25) is 5.02 Å². The van der Waals surface area contributed by atoms with Crippen molar-refractivity contribution in [1.82, 2.24) is 4.90 Å². The summed E-state index contributed by atoms with van der Waals surface area (Å²) in [6.07, 6.45) is 1.61. The first-order valence-electron chi connectivity index (χ1n) is 8.86. The van der Waals surface area contributed by atoms with Gasteiger partial charge in [-0.3, -0.25) is 14.5 Å². The van der Waals surface area contributed by atoms with Crippen LogP contribution in [-0.2, 0) is 11.3 Å². The molecule has 7 nitrogen and oxygen atoms in total. The average Bonchev–Trinajstić information content (AvgIpc) is 3.25. The maximum absolute atomic E-state index is 12.9. The minimum Gasteiger partial charge on any atom is -0.504 e. The van der Waals surface area contributed by atoms with E-state index in [0.717, 1.165) is 16.7 Å². The second-order valence-corrected chi connectivity index (χ2v) is 8.91. The largest absolute Gasteiger partial charge is 0.504 e. The third-order valence-corrected chi connectivity index (χ3v) is 6.47. The number of ether oxygens (including phenoxy) is 3. The second kappa shape index (κ2) is 8.56. The molecule has 0 spiro atoms. The summed E-state index contributed by atoms with van der Waals surface area (Å²) in [5.74, 6) is 1.01. The fraction of sp³-hybridized carbons (Fsp3) is 0.200. The number of carbonyl (C=O) groups excluding carboxylic acids is 2. The fourth-order valence-electron chi connectivity index (χ4n) is 2.98. The van der Waals surface area contributed by atoms with Crippen molar-refractivity contribution in [2.75, 3.05) is 13.4 Å². The number of phenols is 1. The van der Waals surface area contributed by atoms with Crippen molar-refractivity contribution in [3.63, 3.8) is 0 Å². The Labute approximate surface area is 195 Å². The van der Waals surface area contributed by atoms with Gasteiger partial charge in [0.15, 0.2) is 23.0 Å². The maximum Gasteiger partial charge on any atom is 0.293 e.